The smallest absolute Gasteiger partial charge is 0.0464 e. The van der Waals surface area contributed by atoms with Gasteiger partial charge in [0.15, 0.2) is 0 Å². The Balaban J connectivity index is 2.20. The van der Waals surface area contributed by atoms with Crippen molar-refractivity contribution in [1.82, 2.24) is 0 Å². The van der Waals surface area contributed by atoms with Crippen LogP contribution in [-0.4, -0.2) is 0 Å². The Hall–Kier alpha value is -2.28. The average molecular weight is 233 g/mol. The molecule has 2 aromatic rings. The molecule has 1 heterocycles. The first kappa shape index (κ1) is 10.8. The van der Waals surface area contributed by atoms with E-state index in [0.29, 0.717) is 0 Å². The molecule has 1 heteroatoms. The summed E-state index contributed by atoms with van der Waals surface area (Å²) in [7, 11) is 0. The van der Waals surface area contributed by atoms with Crippen molar-refractivity contribution in [3.05, 3.63) is 83.6 Å². The zero-order valence-electron chi connectivity index (χ0n) is 10.4. The monoisotopic (exact) mass is 233 g/mol. The molecule has 0 bridgehead atoms. The second-order valence-corrected chi connectivity index (χ2v) is 4.62. The van der Waals surface area contributed by atoms with Crippen molar-refractivity contribution < 1.29 is 0 Å². The summed E-state index contributed by atoms with van der Waals surface area (Å²) >= 11 is 0. The van der Waals surface area contributed by atoms with E-state index in [1.807, 2.05) is 6.07 Å². The first-order chi connectivity index (χ1) is 8.74. The maximum absolute atomic E-state index is 4.02. The van der Waals surface area contributed by atoms with E-state index < -0.39 is 0 Å². The molecule has 0 aromatic heterocycles. The average Bonchev–Trinajstić information content (AvgIpc) is 2.39. The standard InChI is InChI=1S/C17H15N/c1-12-8-9-17-16(10-12)15(11-13(2)18-17)14-6-4-3-5-7-14/h3-11,18H,2H2,1H3. The van der Waals surface area contributed by atoms with Crippen molar-refractivity contribution in [1.29, 1.82) is 0 Å². The van der Waals surface area contributed by atoms with Gasteiger partial charge >= 0.3 is 0 Å². The van der Waals surface area contributed by atoms with E-state index in [0.717, 1.165) is 11.4 Å². The Bertz CT molecular complexity index is 636. The predicted octanol–water partition coefficient (Wildman–Crippen LogP) is 4.37. The largest absolute Gasteiger partial charge is 0.355 e. The van der Waals surface area contributed by atoms with E-state index >= 15 is 0 Å². The van der Waals surface area contributed by atoms with Gasteiger partial charge in [0.05, 0.1) is 0 Å². The fourth-order valence-electron chi connectivity index (χ4n) is 2.31. The molecule has 0 fully saturated rings. The maximum Gasteiger partial charge on any atom is 0.0464 e. The molecule has 0 atom stereocenters. The molecule has 1 aliphatic heterocycles. The SMILES string of the molecule is C=C1C=C(c2ccccc2)c2cc(C)ccc2N1. The lowest BCUT2D eigenvalue weighted by atomic mass is 9.92. The van der Waals surface area contributed by atoms with Gasteiger partial charge in [-0.05, 0) is 36.3 Å². The van der Waals surface area contributed by atoms with Crippen LogP contribution in [0.4, 0.5) is 5.69 Å². The van der Waals surface area contributed by atoms with Gasteiger partial charge in [0.1, 0.15) is 0 Å². The van der Waals surface area contributed by atoms with Crippen LogP contribution in [0.15, 0.2) is 66.9 Å². The van der Waals surface area contributed by atoms with Gasteiger partial charge in [-0.2, -0.15) is 0 Å². The van der Waals surface area contributed by atoms with Crippen molar-refractivity contribution in [2.24, 2.45) is 0 Å². The summed E-state index contributed by atoms with van der Waals surface area (Å²) < 4.78 is 0. The van der Waals surface area contributed by atoms with Crippen LogP contribution in [0.25, 0.3) is 5.57 Å². The number of benzene rings is 2. The van der Waals surface area contributed by atoms with Gasteiger partial charge in [-0.1, -0.05) is 48.5 Å². The van der Waals surface area contributed by atoms with E-state index in [9.17, 15) is 0 Å². The minimum absolute atomic E-state index is 0.935. The third-order valence-corrected chi connectivity index (χ3v) is 3.16. The first-order valence-corrected chi connectivity index (χ1v) is 6.08. The highest BCUT2D eigenvalue weighted by Crippen LogP contribution is 2.35. The van der Waals surface area contributed by atoms with Crippen LogP contribution in [0.3, 0.4) is 0 Å². The molecule has 18 heavy (non-hydrogen) atoms. The van der Waals surface area contributed by atoms with E-state index in [-0.39, 0.29) is 0 Å². The number of hydrogen-bond acceptors (Lipinski definition) is 1. The summed E-state index contributed by atoms with van der Waals surface area (Å²) in [5.74, 6) is 0. The normalized spacial score (nSPS) is 13.6. The van der Waals surface area contributed by atoms with Crippen LogP contribution in [0.5, 0.6) is 0 Å². The second-order valence-electron chi connectivity index (χ2n) is 4.62. The fraction of sp³-hybridized carbons (Fsp3) is 0.0588. The van der Waals surface area contributed by atoms with Gasteiger partial charge < -0.3 is 5.32 Å². The Morgan fingerprint density at radius 1 is 1.00 bits per heavy atom. The van der Waals surface area contributed by atoms with Gasteiger partial charge in [-0.3, -0.25) is 0 Å². The van der Waals surface area contributed by atoms with Crippen molar-refractivity contribution in [2.75, 3.05) is 5.32 Å². The lowest BCUT2D eigenvalue weighted by molar-refractivity contribution is 1.37. The molecular formula is C17H15N. The number of fused-ring (bicyclic) bond motifs is 1. The molecule has 2 aromatic carbocycles. The molecule has 1 nitrogen and oxygen atoms in total. The third kappa shape index (κ3) is 1.84. The first-order valence-electron chi connectivity index (χ1n) is 6.08. The number of hydrogen-bond donors (Lipinski definition) is 1. The van der Waals surface area contributed by atoms with E-state index in [1.54, 1.807) is 0 Å². The van der Waals surface area contributed by atoms with Crippen molar-refractivity contribution in [3.8, 4) is 0 Å². The van der Waals surface area contributed by atoms with Gasteiger partial charge in [-0.15, -0.1) is 0 Å². The van der Waals surface area contributed by atoms with Crippen LogP contribution in [0.2, 0.25) is 0 Å². The van der Waals surface area contributed by atoms with Crippen LogP contribution < -0.4 is 5.32 Å². The van der Waals surface area contributed by atoms with Gasteiger partial charge in [0.2, 0.25) is 0 Å². The summed E-state index contributed by atoms with van der Waals surface area (Å²) in [6.07, 6.45) is 2.11. The lowest BCUT2D eigenvalue weighted by Crippen LogP contribution is -2.06. The zero-order valence-corrected chi connectivity index (χ0v) is 10.4. The maximum atomic E-state index is 4.02. The highest BCUT2D eigenvalue weighted by Gasteiger charge is 2.15. The molecule has 0 saturated carbocycles. The molecule has 88 valence electrons. The molecule has 3 rings (SSSR count). The highest BCUT2D eigenvalue weighted by molar-refractivity contribution is 5.91. The van der Waals surface area contributed by atoms with Gasteiger partial charge in [0, 0.05) is 16.9 Å². The Kier molecular flexibility index (Phi) is 2.52. The predicted molar refractivity (Wildman–Crippen MR) is 77.5 cm³/mol. The van der Waals surface area contributed by atoms with Crippen molar-refractivity contribution >= 4 is 11.3 Å². The number of aryl methyl sites for hydroxylation is 1. The quantitative estimate of drug-likeness (QED) is 0.771. The van der Waals surface area contributed by atoms with E-state index in [2.05, 4.69) is 67.4 Å². The van der Waals surface area contributed by atoms with Crippen LogP contribution in [0, 0.1) is 6.92 Å². The van der Waals surface area contributed by atoms with Crippen molar-refractivity contribution in [3.63, 3.8) is 0 Å². The molecule has 0 aliphatic carbocycles. The van der Waals surface area contributed by atoms with E-state index in [1.165, 1.54) is 22.3 Å². The molecule has 0 spiro atoms. The third-order valence-electron chi connectivity index (χ3n) is 3.16. The Labute approximate surface area is 107 Å². The van der Waals surface area contributed by atoms with E-state index in [4.69, 9.17) is 0 Å². The molecule has 1 aliphatic rings. The Morgan fingerprint density at radius 3 is 2.56 bits per heavy atom. The zero-order chi connectivity index (χ0) is 12.5. The molecule has 0 amide bonds. The Morgan fingerprint density at radius 2 is 1.78 bits per heavy atom. The minimum atomic E-state index is 0.935. The molecule has 0 radical (unpaired) electrons. The molecular weight excluding hydrogens is 218 g/mol. The topological polar surface area (TPSA) is 12.0 Å². The van der Waals surface area contributed by atoms with Crippen LogP contribution in [0.1, 0.15) is 16.7 Å². The summed E-state index contributed by atoms with van der Waals surface area (Å²) in [5, 5.41) is 3.32. The fourth-order valence-corrected chi connectivity index (χ4v) is 2.31. The number of nitrogens with one attached hydrogen (secondary N) is 1. The second kappa shape index (κ2) is 4.19. The number of anilines is 1. The minimum Gasteiger partial charge on any atom is -0.355 e. The summed E-state index contributed by atoms with van der Waals surface area (Å²) in [6, 6.07) is 16.9. The molecule has 0 saturated heterocycles. The van der Waals surface area contributed by atoms with Gasteiger partial charge in [-0.25, -0.2) is 0 Å². The number of rotatable bonds is 1. The molecule has 1 N–H and O–H groups in total. The summed E-state index contributed by atoms with van der Waals surface area (Å²) in [6.45, 7) is 6.14. The lowest BCUT2D eigenvalue weighted by Gasteiger charge is -2.21. The summed E-state index contributed by atoms with van der Waals surface area (Å²) in [4.78, 5) is 0. The highest BCUT2D eigenvalue weighted by atomic mass is 14.9. The van der Waals surface area contributed by atoms with Gasteiger partial charge in [0.25, 0.3) is 0 Å². The van der Waals surface area contributed by atoms with Crippen molar-refractivity contribution in [2.45, 2.75) is 6.92 Å². The number of allylic oxidation sites excluding steroid dienone is 1. The molecule has 0 unspecified atom stereocenters. The summed E-state index contributed by atoms with van der Waals surface area (Å²) in [5.41, 5.74) is 7.04. The van der Waals surface area contributed by atoms with Crippen LogP contribution >= 0.6 is 0 Å². The van der Waals surface area contributed by atoms with Crippen LogP contribution in [-0.2, 0) is 0 Å².